The van der Waals surface area contributed by atoms with E-state index >= 15 is 0 Å². The first-order valence-electron chi connectivity index (χ1n) is 6.81. The van der Waals surface area contributed by atoms with Gasteiger partial charge >= 0.3 is 12.1 Å². The third-order valence-electron chi connectivity index (χ3n) is 3.50. The van der Waals surface area contributed by atoms with Crippen molar-refractivity contribution in [1.29, 1.82) is 0 Å². The minimum Gasteiger partial charge on any atom is -0.480 e. The maximum atomic E-state index is 12.1. The Bertz CT molecular complexity index is 479. The molecule has 2 amide bonds. The number of β-lactam (4-membered cyclic amide) rings is 1. The Morgan fingerprint density at radius 1 is 1.48 bits per heavy atom. The predicted octanol–water partition coefficient (Wildman–Crippen LogP) is 0.884. The minimum atomic E-state index is -1.02. The lowest BCUT2D eigenvalue weighted by atomic mass is 9.96. The van der Waals surface area contributed by atoms with Crippen LogP contribution in [0.25, 0.3) is 0 Å². The third-order valence-corrected chi connectivity index (χ3v) is 5.07. The summed E-state index contributed by atoms with van der Waals surface area (Å²) in [4.78, 5) is 36.4. The van der Waals surface area contributed by atoms with Gasteiger partial charge in [0, 0.05) is 4.75 Å². The van der Waals surface area contributed by atoms with E-state index in [1.165, 1.54) is 16.7 Å². The fourth-order valence-electron chi connectivity index (χ4n) is 2.56. The van der Waals surface area contributed by atoms with Crippen LogP contribution < -0.4 is 5.32 Å². The normalized spacial score (nSPS) is 29.9. The molecule has 3 unspecified atom stereocenters. The SMILES string of the molecule is CC(C)COC(=O)NC1C(=O)N2C1SC(C)(C)C2C(=O)O. The van der Waals surface area contributed by atoms with Crippen LogP contribution in [0.3, 0.4) is 0 Å². The van der Waals surface area contributed by atoms with Crippen molar-refractivity contribution in [3.63, 3.8) is 0 Å². The summed E-state index contributed by atoms with van der Waals surface area (Å²) < 4.78 is 4.39. The number of alkyl carbamates (subject to hydrolysis) is 1. The molecule has 2 saturated heterocycles. The van der Waals surface area contributed by atoms with Crippen molar-refractivity contribution in [1.82, 2.24) is 10.2 Å². The Kier molecular flexibility index (Phi) is 4.10. The number of carbonyl (C=O) groups excluding carboxylic acids is 2. The van der Waals surface area contributed by atoms with Crippen LogP contribution in [0.5, 0.6) is 0 Å². The Labute approximate surface area is 127 Å². The topological polar surface area (TPSA) is 95.9 Å². The van der Waals surface area contributed by atoms with Gasteiger partial charge in [-0.25, -0.2) is 9.59 Å². The molecule has 0 aromatic carbocycles. The van der Waals surface area contributed by atoms with Crippen molar-refractivity contribution < 1.29 is 24.2 Å². The number of amides is 2. The van der Waals surface area contributed by atoms with Gasteiger partial charge in [0.05, 0.1) is 6.61 Å². The number of hydrogen-bond acceptors (Lipinski definition) is 5. The number of nitrogens with one attached hydrogen (secondary N) is 1. The number of rotatable bonds is 4. The molecule has 2 aliphatic heterocycles. The lowest BCUT2D eigenvalue weighted by molar-refractivity contribution is -0.160. The van der Waals surface area contributed by atoms with E-state index in [4.69, 9.17) is 4.74 Å². The largest absolute Gasteiger partial charge is 0.480 e. The molecule has 2 rings (SSSR count). The lowest BCUT2D eigenvalue weighted by Gasteiger charge is -2.43. The molecule has 0 aromatic rings. The van der Waals surface area contributed by atoms with Gasteiger partial charge in [-0.2, -0.15) is 0 Å². The summed E-state index contributed by atoms with van der Waals surface area (Å²) in [6.45, 7) is 7.68. The third kappa shape index (κ3) is 2.81. The van der Waals surface area contributed by atoms with E-state index in [0.29, 0.717) is 0 Å². The highest BCUT2D eigenvalue weighted by atomic mass is 32.2. The second-order valence-electron chi connectivity index (χ2n) is 6.21. The number of carboxylic acid groups (broad SMARTS) is 1. The average molecular weight is 316 g/mol. The molecule has 0 aromatic heterocycles. The van der Waals surface area contributed by atoms with Gasteiger partial charge in [0.25, 0.3) is 0 Å². The van der Waals surface area contributed by atoms with E-state index < -0.39 is 28.9 Å². The van der Waals surface area contributed by atoms with Crippen molar-refractivity contribution in [2.24, 2.45) is 5.92 Å². The number of hydrogen-bond donors (Lipinski definition) is 2. The van der Waals surface area contributed by atoms with Crippen LogP contribution in [0.15, 0.2) is 0 Å². The number of carboxylic acids is 1. The van der Waals surface area contributed by atoms with E-state index in [2.05, 4.69) is 5.32 Å². The molecular weight excluding hydrogens is 296 g/mol. The smallest absolute Gasteiger partial charge is 0.407 e. The summed E-state index contributed by atoms with van der Waals surface area (Å²) in [7, 11) is 0. The quantitative estimate of drug-likeness (QED) is 0.748. The van der Waals surface area contributed by atoms with Crippen molar-refractivity contribution in [3.05, 3.63) is 0 Å². The van der Waals surface area contributed by atoms with E-state index in [1.54, 1.807) is 13.8 Å². The predicted molar refractivity (Wildman–Crippen MR) is 76.8 cm³/mol. The van der Waals surface area contributed by atoms with Crippen LogP contribution in [0.2, 0.25) is 0 Å². The van der Waals surface area contributed by atoms with E-state index in [0.717, 1.165) is 0 Å². The molecule has 118 valence electrons. The van der Waals surface area contributed by atoms with Crippen LogP contribution in [0, 0.1) is 5.92 Å². The molecule has 2 N–H and O–H groups in total. The molecule has 0 bridgehead atoms. The molecule has 21 heavy (non-hydrogen) atoms. The van der Waals surface area contributed by atoms with Gasteiger partial charge in [-0.15, -0.1) is 11.8 Å². The summed E-state index contributed by atoms with van der Waals surface area (Å²) in [6, 6.07) is -1.58. The molecule has 2 aliphatic rings. The zero-order valence-corrected chi connectivity index (χ0v) is 13.3. The number of fused-ring (bicyclic) bond motifs is 1. The van der Waals surface area contributed by atoms with Gasteiger partial charge in [0.15, 0.2) is 0 Å². The maximum Gasteiger partial charge on any atom is 0.407 e. The Morgan fingerprint density at radius 3 is 2.62 bits per heavy atom. The van der Waals surface area contributed by atoms with Gasteiger partial charge < -0.3 is 20.1 Å². The maximum absolute atomic E-state index is 12.1. The van der Waals surface area contributed by atoms with Crippen molar-refractivity contribution in [2.45, 2.75) is 49.9 Å². The number of carbonyl (C=O) groups is 3. The first-order valence-corrected chi connectivity index (χ1v) is 7.69. The molecule has 0 saturated carbocycles. The number of thioether (sulfide) groups is 1. The van der Waals surface area contributed by atoms with E-state index in [1.807, 2.05) is 13.8 Å². The molecule has 0 aliphatic carbocycles. The van der Waals surface area contributed by atoms with Gasteiger partial charge in [0.1, 0.15) is 17.5 Å². The van der Waals surface area contributed by atoms with Gasteiger partial charge in [-0.3, -0.25) is 4.79 Å². The van der Waals surface area contributed by atoms with E-state index in [9.17, 15) is 19.5 Å². The first-order chi connectivity index (χ1) is 9.65. The molecule has 7 nitrogen and oxygen atoms in total. The molecular formula is C13H20N2O5S. The Balaban J connectivity index is 2.00. The van der Waals surface area contributed by atoms with Crippen molar-refractivity contribution in [3.8, 4) is 0 Å². The van der Waals surface area contributed by atoms with Crippen molar-refractivity contribution >= 4 is 29.7 Å². The zero-order chi connectivity index (χ0) is 15.9. The van der Waals surface area contributed by atoms with Gasteiger partial charge in [0.2, 0.25) is 5.91 Å². The Hall–Kier alpha value is -1.44. The standard InChI is InChI=1S/C13H20N2O5S/c1-6(2)5-20-12(19)14-7-9(16)15-8(11(17)18)13(3,4)21-10(7)15/h6-8,10H,5H2,1-4H3,(H,14,19)(H,17,18). The molecule has 3 atom stereocenters. The summed E-state index contributed by atoms with van der Waals surface area (Å²) in [6.07, 6.45) is -0.640. The lowest BCUT2D eigenvalue weighted by Crippen LogP contribution is -2.70. The van der Waals surface area contributed by atoms with Crippen LogP contribution in [-0.4, -0.2) is 56.8 Å². The fraction of sp³-hybridized carbons (Fsp3) is 0.769. The average Bonchev–Trinajstić information content (AvgIpc) is 2.62. The van der Waals surface area contributed by atoms with E-state index in [-0.39, 0.29) is 23.8 Å². The molecule has 8 heteroatoms. The van der Waals surface area contributed by atoms with Crippen molar-refractivity contribution in [2.75, 3.05) is 6.61 Å². The highest BCUT2D eigenvalue weighted by Gasteiger charge is 2.64. The first kappa shape index (κ1) is 15.9. The van der Waals surface area contributed by atoms with Gasteiger partial charge in [-0.05, 0) is 19.8 Å². The highest BCUT2D eigenvalue weighted by Crippen LogP contribution is 2.50. The Morgan fingerprint density at radius 2 is 2.10 bits per heavy atom. The fourth-order valence-corrected chi connectivity index (χ4v) is 4.18. The molecule has 2 heterocycles. The van der Waals surface area contributed by atoms with Crippen LogP contribution in [-0.2, 0) is 14.3 Å². The van der Waals surface area contributed by atoms with Crippen LogP contribution in [0.4, 0.5) is 4.79 Å². The zero-order valence-electron chi connectivity index (χ0n) is 12.5. The van der Waals surface area contributed by atoms with Gasteiger partial charge in [-0.1, -0.05) is 13.8 Å². The molecule has 2 fully saturated rings. The highest BCUT2D eigenvalue weighted by molar-refractivity contribution is 8.01. The summed E-state index contributed by atoms with van der Waals surface area (Å²) in [5.41, 5.74) is 0. The number of nitrogens with zero attached hydrogens (tertiary/aromatic N) is 1. The molecule has 0 radical (unpaired) electrons. The molecule has 0 spiro atoms. The monoisotopic (exact) mass is 316 g/mol. The second-order valence-corrected chi connectivity index (χ2v) is 7.98. The van der Waals surface area contributed by atoms with Crippen LogP contribution >= 0.6 is 11.8 Å². The summed E-state index contributed by atoms with van der Waals surface area (Å²) in [5, 5.41) is 11.5. The van der Waals surface area contributed by atoms with Crippen LogP contribution in [0.1, 0.15) is 27.7 Å². The summed E-state index contributed by atoms with van der Waals surface area (Å²) in [5.74, 6) is -1.18. The summed E-state index contributed by atoms with van der Waals surface area (Å²) >= 11 is 1.39. The number of aliphatic carboxylic acids is 1. The minimum absolute atomic E-state index is 0.209. The second kappa shape index (κ2) is 5.40. The number of ether oxygens (including phenoxy) is 1.